The molecule has 0 aliphatic heterocycles. The first-order valence-electron chi connectivity index (χ1n) is 5.37. The molecule has 0 fully saturated rings. The second-order valence-corrected chi connectivity index (χ2v) is 6.06. The van der Waals surface area contributed by atoms with Crippen LogP contribution >= 0.6 is 34.7 Å². The van der Waals surface area contributed by atoms with Gasteiger partial charge in [-0.25, -0.2) is 0 Å². The van der Waals surface area contributed by atoms with E-state index in [0.717, 1.165) is 4.88 Å². The molecule has 0 spiro atoms. The van der Waals surface area contributed by atoms with Crippen molar-refractivity contribution in [3.05, 3.63) is 21.3 Å². The van der Waals surface area contributed by atoms with Gasteiger partial charge in [-0.15, -0.1) is 23.1 Å². The molecule has 1 aromatic rings. The van der Waals surface area contributed by atoms with Crippen molar-refractivity contribution in [1.29, 1.82) is 0 Å². The van der Waals surface area contributed by atoms with Crippen LogP contribution in [0.25, 0.3) is 0 Å². The number of carbonyl (C=O) groups excluding carboxylic acids is 1. The van der Waals surface area contributed by atoms with Crippen LogP contribution in [0.2, 0.25) is 5.02 Å². The van der Waals surface area contributed by atoms with Crippen LogP contribution in [0.1, 0.15) is 11.3 Å². The van der Waals surface area contributed by atoms with Crippen molar-refractivity contribution in [1.82, 2.24) is 5.32 Å². The minimum absolute atomic E-state index is 0.0181. The predicted molar refractivity (Wildman–Crippen MR) is 75.6 cm³/mol. The maximum Gasteiger partial charge on any atom is 0.313 e. The normalized spacial score (nSPS) is 10.3. The maximum atomic E-state index is 11.5. The Hall–Kier alpha value is -0.720. The van der Waals surface area contributed by atoms with E-state index in [-0.39, 0.29) is 11.7 Å². The van der Waals surface area contributed by atoms with Gasteiger partial charge in [0.2, 0.25) is 5.91 Å². The lowest BCUT2D eigenvalue weighted by atomic mass is 10.2. The van der Waals surface area contributed by atoms with E-state index in [2.05, 4.69) is 5.32 Å². The average Bonchev–Trinajstić information content (AvgIpc) is 2.71. The highest BCUT2D eigenvalue weighted by Crippen LogP contribution is 2.20. The Kier molecular flexibility index (Phi) is 7.15. The molecule has 0 bridgehead atoms. The van der Waals surface area contributed by atoms with Crippen molar-refractivity contribution in [3.63, 3.8) is 0 Å². The molecule has 0 aromatic carbocycles. The zero-order valence-electron chi connectivity index (χ0n) is 9.65. The van der Waals surface area contributed by atoms with Crippen molar-refractivity contribution in [2.75, 3.05) is 18.1 Å². The minimum Gasteiger partial charge on any atom is -0.481 e. The molecule has 0 saturated carbocycles. The Morgan fingerprint density at radius 3 is 2.89 bits per heavy atom. The summed E-state index contributed by atoms with van der Waals surface area (Å²) < 4.78 is 0. The van der Waals surface area contributed by atoms with Crippen LogP contribution in [0, 0.1) is 0 Å². The summed E-state index contributed by atoms with van der Waals surface area (Å²) in [5.74, 6) is -0.164. The Labute approximate surface area is 119 Å². The standard InChI is InChI=1S/C11H14ClNO3S2/c12-8-5-9(18-6-8)1-2-10(14)13-3-4-17-7-11(15)16/h5-6H,1-4,7H2,(H,13,14)(H,15,16). The molecule has 1 heterocycles. The number of nitrogens with one attached hydrogen (secondary N) is 1. The van der Waals surface area contributed by atoms with E-state index in [1.807, 2.05) is 11.4 Å². The van der Waals surface area contributed by atoms with Crippen LogP contribution in [0.5, 0.6) is 0 Å². The van der Waals surface area contributed by atoms with Crippen molar-refractivity contribution in [2.45, 2.75) is 12.8 Å². The summed E-state index contributed by atoms with van der Waals surface area (Å²) in [5.41, 5.74) is 0. The number of carboxylic acids is 1. The van der Waals surface area contributed by atoms with E-state index in [0.29, 0.717) is 30.2 Å². The van der Waals surface area contributed by atoms with Crippen LogP contribution in [0.3, 0.4) is 0 Å². The molecule has 100 valence electrons. The third-order valence-electron chi connectivity index (χ3n) is 2.01. The van der Waals surface area contributed by atoms with Crippen LogP contribution in [-0.4, -0.2) is 35.0 Å². The van der Waals surface area contributed by atoms with Gasteiger partial charge in [0, 0.05) is 29.0 Å². The van der Waals surface area contributed by atoms with E-state index >= 15 is 0 Å². The van der Waals surface area contributed by atoms with Gasteiger partial charge in [-0.2, -0.15) is 0 Å². The van der Waals surface area contributed by atoms with Gasteiger partial charge < -0.3 is 10.4 Å². The van der Waals surface area contributed by atoms with Crippen molar-refractivity contribution in [2.24, 2.45) is 0 Å². The van der Waals surface area contributed by atoms with Crippen LogP contribution < -0.4 is 5.32 Å². The molecule has 0 radical (unpaired) electrons. The van der Waals surface area contributed by atoms with Crippen molar-refractivity contribution in [3.8, 4) is 0 Å². The Morgan fingerprint density at radius 1 is 1.50 bits per heavy atom. The van der Waals surface area contributed by atoms with Gasteiger partial charge in [-0.3, -0.25) is 9.59 Å². The smallest absolute Gasteiger partial charge is 0.313 e. The lowest BCUT2D eigenvalue weighted by Gasteiger charge is -2.03. The van der Waals surface area contributed by atoms with E-state index < -0.39 is 5.97 Å². The molecule has 1 aromatic heterocycles. The first-order chi connectivity index (χ1) is 8.58. The lowest BCUT2D eigenvalue weighted by molar-refractivity contribution is -0.133. The SMILES string of the molecule is O=C(O)CSCCNC(=O)CCc1cc(Cl)cs1. The van der Waals surface area contributed by atoms with Gasteiger partial charge in [0.05, 0.1) is 10.8 Å². The fourth-order valence-corrected chi connectivity index (χ4v) is 2.87. The molecule has 1 amide bonds. The number of aliphatic carboxylic acids is 1. The van der Waals surface area contributed by atoms with Crippen LogP contribution in [0.4, 0.5) is 0 Å². The molecule has 7 heteroatoms. The Morgan fingerprint density at radius 2 is 2.28 bits per heavy atom. The number of thiophene rings is 1. The number of carbonyl (C=O) groups is 2. The minimum atomic E-state index is -0.832. The van der Waals surface area contributed by atoms with E-state index in [1.54, 1.807) is 11.3 Å². The summed E-state index contributed by atoms with van der Waals surface area (Å²) in [5, 5.41) is 13.7. The first kappa shape index (κ1) is 15.3. The molecule has 0 saturated heterocycles. The molecule has 18 heavy (non-hydrogen) atoms. The summed E-state index contributed by atoms with van der Waals surface area (Å²) >= 11 is 8.62. The zero-order chi connectivity index (χ0) is 13.4. The first-order valence-corrected chi connectivity index (χ1v) is 7.78. The largest absolute Gasteiger partial charge is 0.481 e. The number of thioether (sulfide) groups is 1. The highest BCUT2D eigenvalue weighted by Gasteiger charge is 2.04. The van der Waals surface area contributed by atoms with Gasteiger partial charge in [-0.1, -0.05) is 11.6 Å². The van der Waals surface area contributed by atoms with Crippen LogP contribution in [0.15, 0.2) is 11.4 Å². The fourth-order valence-electron chi connectivity index (χ4n) is 1.23. The Balaban J connectivity index is 2.05. The summed E-state index contributed by atoms with van der Waals surface area (Å²) in [6.45, 7) is 0.502. The molecule has 1 rings (SSSR count). The molecular formula is C11H14ClNO3S2. The molecule has 2 N–H and O–H groups in total. The quantitative estimate of drug-likeness (QED) is 0.723. The number of hydrogen-bond acceptors (Lipinski definition) is 4. The molecule has 4 nitrogen and oxygen atoms in total. The summed E-state index contributed by atoms with van der Waals surface area (Å²) in [6, 6.07) is 1.86. The highest BCUT2D eigenvalue weighted by atomic mass is 35.5. The summed E-state index contributed by atoms with van der Waals surface area (Å²) in [7, 11) is 0. The zero-order valence-corrected chi connectivity index (χ0v) is 12.0. The predicted octanol–water partition coefficient (Wildman–Crippen LogP) is 2.27. The average molecular weight is 308 g/mol. The fraction of sp³-hybridized carbons (Fsp3) is 0.455. The van der Waals surface area contributed by atoms with Crippen molar-refractivity contribution < 1.29 is 14.7 Å². The van der Waals surface area contributed by atoms with Gasteiger partial charge >= 0.3 is 5.97 Å². The number of aryl methyl sites for hydroxylation is 1. The van der Waals surface area contributed by atoms with Crippen LogP contribution in [-0.2, 0) is 16.0 Å². The summed E-state index contributed by atoms with van der Waals surface area (Å²) in [6.07, 6.45) is 1.12. The molecule has 0 unspecified atom stereocenters. The van der Waals surface area contributed by atoms with Gasteiger partial charge in [0.25, 0.3) is 0 Å². The van der Waals surface area contributed by atoms with Gasteiger partial charge in [-0.05, 0) is 12.5 Å². The molecule has 0 aliphatic carbocycles. The maximum absolute atomic E-state index is 11.5. The lowest BCUT2D eigenvalue weighted by Crippen LogP contribution is -2.26. The topological polar surface area (TPSA) is 66.4 Å². The number of rotatable bonds is 8. The second-order valence-electron chi connectivity index (χ2n) is 3.53. The number of hydrogen-bond donors (Lipinski definition) is 2. The van der Waals surface area contributed by atoms with Gasteiger partial charge in [0.1, 0.15) is 0 Å². The molecule has 0 atom stereocenters. The van der Waals surface area contributed by atoms with E-state index in [1.165, 1.54) is 11.8 Å². The Bertz CT molecular complexity index is 409. The third-order valence-corrected chi connectivity index (χ3v) is 4.30. The number of carboxylic acid groups (broad SMARTS) is 1. The van der Waals surface area contributed by atoms with E-state index in [9.17, 15) is 9.59 Å². The monoisotopic (exact) mass is 307 g/mol. The van der Waals surface area contributed by atoms with Crippen molar-refractivity contribution >= 4 is 46.6 Å². The molecule has 0 aliphatic rings. The third kappa shape index (κ3) is 6.88. The van der Waals surface area contributed by atoms with Gasteiger partial charge in [0.15, 0.2) is 0 Å². The second kappa shape index (κ2) is 8.39. The highest BCUT2D eigenvalue weighted by molar-refractivity contribution is 7.99. The number of amides is 1. The van der Waals surface area contributed by atoms with E-state index in [4.69, 9.17) is 16.7 Å². The number of halogens is 1. The molecular weight excluding hydrogens is 294 g/mol. The summed E-state index contributed by atoms with van der Waals surface area (Å²) in [4.78, 5) is 22.8.